The third kappa shape index (κ3) is 3.13. The summed E-state index contributed by atoms with van der Waals surface area (Å²) in [5, 5.41) is 0.730. The minimum atomic E-state index is -0.445. The van der Waals surface area contributed by atoms with Crippen LogP contribution < -0.4 is 5.73 Å². The van der Waals surface area contributed by atoms with Crippen LogP contribution in [0.1, 0.15) is 36.1 Å². The molecule has 2 aromatic carbocycles. The van der Waals surface area contributed by atoms with Crippen LogP contribution in [0, 0.1) is 0 Å². The standard InChI is InChI=1S/C18H20ClNO/c1-18(20,14-6-8-15(19)9-7-14)12-17-16-5-3-2-4-13(16)10-11-21-17/h2-9,17H,10-12,20H2,1H3. The predicted octanol–water partition coefficient (Wildman–Crippen LogP) is 4.22. The molecular weight excluding hydrogens is 282 g/mol. The Kier molecular flexibility index (Phi) is 4.03. The van der Waals surface area contributed by atoms with Crippen LogP contribution in [-0.2, 0) is 16.7 Å². The maximum Gasteiger partial charge on any atom is 0.0848 e. The van der Waals surface area contributed by atoms with E-state index in [2.05, 4.69) is 31.2 Å². The monoisotopic (exact) mass is 301 g/mol. The van der Waals surface area contributed by atoms with E-state index >= 15 is 0 Å². The van der Waals surface area contributed by atoms with Gasteiger partial charge in [0.15, 0.2) is 0 Å². The number of hydrogen-bond donors (Lipinski definition) is 1. The molecule has 3 heteroatoms. The van der Waals surface area contributed by atoms with Crippen LogP contribution in [0.15, 0.2) is 48.5 Å². The van der Waals surface area contributed by atoms with Crippen molar-refractivity contribution in [1.29, 1.82) is 0 Å². The molecule has 0 saturated heterocycles. The fourth-order valence-corrected chi connectivity index (χ4v) is 3.11. The molecular formula is C18H20ClNO. The van der Waals surface area contributed by atoms with E-state index < -0.39 is 5.54 Å². The molecule has 0 aliphatic carbocycles. The summed E-state index contributed by atoms with van der Waals surface area (Å²) < 4.78 is 5.98. The van der Waals surface area contributed by atoms with Crippen LogP contribution in [-0.4, -0.2) is 6.61 Å². The largest absolute Gasteiger partial charge is 0.373 e. The van der Waals surface area contributed by atoms with Gasteiger partial charge in [-0.05, 0) is 48.6 Å². The molecule has 1 aliphatic heterocycles. The summed E-state index contributed by atoms with van der Waals surface area (Å²) in [5.41, 5.74) is 9.84. The Hall–Kier alpha value is -1.35. The minimum Gasteiger partial charge on any atom is -0.373 e. The van der Waals surface area contributed by atoms with Crippen LogP contribution in [0.25, 0.3) is 0 Å². The lowest BCUT2D eigenvalue weighted by Crippen LogP contribution is -2.36. The zero-order chi connectivity index (χ0) is 14.9. The first-order valence-electron chi connectivity index (χ1n) is 7.30. The highest BCUT2D eigenvalue weighted by molar-refractivity contribution is 6.30. The quantitative estimate of drug-likeness (QED) is 0.921. The number of ether oxygens (including phenoxy) is 1. The molecule has 0 aromatic heterocycles. The summed E-state index contributed by atoms with van der Waals surface area (Å²) in [6.07, 6.45) is 1.79. The topological polar surface area (TPSA) is 35.2 Å². The van der Waals surface area contributed by atoms with Gasteiger partial charge < -0.3 is 10.5 Å². The van der Waals surface area contributed by atoms with Crippen LogP contribution in [0.2, 0.25) is 5.02 Å². The molecule has 2 N–H and O–H groups in total. The lowest BCUT2D eigenvalue weighted by molar-refractivity contribution is 0.0222. The molecule has 0 fully saturated rings. The summed E-state index contributed by atoms with van der Waals surface area (Å²) >= 11 is 5.96. The number of fused-ring (bicyclic) bond motifs is 1. The molecule has 1 heterocycles. The number of hydrogen-bond acceptors (Lipinski definition) is 2. The first kappa shape index (κ1) is 14.6. The van der Waals surface area contributed by atoms with Crippen molar-refractivity contribution in [3.63, 3.8) is 0 Å². The zero-order valence-electron chi connectivity index (χ0n) is 12.2. The summed E-state index contributed by atoms with van der Waals surface area (Å²) in [7, 11) is 0. The molecule has 110 valence electrons. The molecule has 2 unspecified atom stereocenters. The summed E-state index contributed by atoms with van der Waals surface area (Å²) in [5.74, 6) is 0. The third-order valence-corrected chi connectivity index (χ3v) is 4.46. The molecule has 0 bridgehead atoms. The fourth-order valence-electron chi connectivity index (χ4n) is 2.98. The highest BCUT2D eigenvalue weighted by Crippen LogP contribution is 2.36. The van der Waals surface area contributed by atoms with Gasteiger partial charge in [0.1, 0.15) is 0 Å². The van der Waals surface area contributed by atoms with E-state index in [0.29, 0.717) is 0 Å². The molecule has 21 heavy (non-hydrogen) atoms. The van der Waals surface area contributed by atoms with Crippen molar-refractivity contribution in [1.82, 2.24) is 0 Å². The van der Waals surface area contributed by atoms with E-state index in [1.165, 1.54) is 11.1 Å². The van der Waals surface area contributed by atoms with Crippen LogP contribution in [0.3, 0.4) is 0 Å². The van der Waals surface area contributed by atoms with Gasteiger partial charge in [0.25, 0.3) is 0 Å². The zero-order valence-corrected chi connectivity index (χ0v) is 12.9. The van der Waals surface area contributed by atoms with Crippen molar-refractivity contribution in [3.8, 4) is 0 Å². The van der Waals surface area contributed by atoms with Gasteiger partial charge in [0.2, 0.25) is 0 Å². The molecule has 2 aromatic rings. The molecule has 0 radical (unpaired) electrons. The Bertz CT molecular complexity index is 621. The first-order valence-corrected chi connectivity index (χ1v) is 7.68. The Balaban J connectivity index is 1.84. The van der Waals surface area contributed by atoms with E-state index in [4.69, 9.17) is 22.1 Å². The number of halogens is 1. The summed E-state index contributed by atoms with van der Waals surface area (Å²) in [6.45, 7) is 2.81. The second kappa shape index (κ2) is 5.80. The fraction of sp³-hybridized carbons (Fsp3) is 0.333. The maximum absolute atomic E-state index is 6.55. The molecule has 3 rings (SSSR count). The van der Waals surface area contributed by atoms with Crippen LogP contribution in [0.4, 0.5) is 0 Å². The van der Waals surface area contributed by atoms with Gasteiger partial charge in [0, 0.05) is 10.6 Å². The molecule has 2 atom stereocenters. The van der Waals surface area contributed by atoms with Gasteiger partial charge in [0.05, 0.1) is 12.7 Å². The van der Waals surface area contributed by atoms with Gasteiger partial charge in [-0.25, -0.2) is 0 Å². The Morgan fingerprint density at radius 1 is 1.19 bits per heavy atom. The van der Waals surface area contributed by atoms with Gasteiger partial charge in [-0.2, -0.15) is 0 Å². The van der Waals surface area contributed by atoms with Crippen molar-refractivity contribution in [3.05, 3.63) is 70.2 Å². The molecule has 1 aliphatic rings. The van der Waals surface area contributed by atoms with Gasteiger partial charge in [-0.1, -0.05) is 48.0 Å². The van der Waals surface area contributed by atoms with Crippen molar-refractivity contribution in [2.45, 2.75) is 31.4 Å². The van der Waals surface area contributed by atoms with Crippen molar-refractivity contribution >= 4 is 11.6 Å². The van der Waals surface area contributed by atoms with E-state index in [9.17, 15) is 0 Å². The highest BCUT2D eigenvalue weighted by Gasteiger charge is 2.30. The van der Waals surface area contributed by atoms with Crippen LogP contribution >= 0.6 is 11.6 Å². The molecule has 2 nitrogen and oxygen atoms in total. The summed E-state index contributed by atoms with van der Waals surface area (Å²) in [4.78, 5) is 0. The van der Waals surface area contributed by atoms with Gasteiger partial charge >= 0.3 is 0 Å². The van der Waals surface area contributed by atoms with E-state index in [1.54, 1.807) is 0 Å². The lowest BCUT2D eigenvalue weighted by atomic mass is 9.83. The van der Waals surface area contributed by atoms with Crippen LogP contribution in [0.5, 0.6) is 0 Å². The third-order valence-electron chi connectivity index (χ3n) is 4.21. The average molecular weight is 302 g/mol. The summed E-state index contributed by atoms with van der Waals surface area (Å²) in [6, 6.07) is 16.3. The van der Waals surface area contributed by atoms with Crippen molar-refractivity contribution in [2.75, 3.05) is 6.61 Å². The van der Waals surface area contributed by atoms with Gasteiger partial charge in [-0.15, -0.1) is 0 Å². The van der Waals surface area contributed by atoms with E-state index in [-0.39, 0.29) is 6.10 Å². The second-order valence-electron chi connectivity index (χ2n) is 5.94. The lowest BCUT2D eigenvalue weighted by Gasteiger charge is -2.33. The Morgan fingerprint density at radius 3 is 2.67 bits per heavy atom. The van der Waals surface area contributed by atoms with E-state index in [0.717, 1.165) is 30.0 Å². The van der Waals surface area contributed by atoms with Crippen molar-refractivity contribution in [2.24, 2.45) is 5.73 Å². The second-order valence-corrected chi connectivity index (χ2v) is 6.37. The SMILES string of the molecule is CC(N)(CC1OCCc2ccccc21)c1ccc(Cl)cc1. The van der Waals surface area contributed by atoms with Crippen molar-refractivity contribution < 1.29 is 4.74 Å². The number of rotatable bonds is 3. The van der Waals surface area contributed by atoms with E-state index in [1.807, 2.05) is 24.3 Å². The molecule has 0 spiro atoms. The number of benzene rings is 2. The number of nitrogens with two attached hydrogens (primary N) is 1. The van der Waals surface area contributed by atoms with Gasteiger partial charge in [-0.3, -0.25) is 0 Å². The average Bonchev–Trinajstić information content (AvgIpc) is 2.48. The smallest absolute Gasteiger partial charge is 0.0848 e. The highest BCUT2D eigenvalue weighted by atomic mass is 35.5. The maximum atomic E-state index is 6.55. The first-order chi connectivity index (χ1) is 10.1. The predicted molar refractivity (Wildman–Crippen MR) is 86.4 cm³/mol. The minimum absolute atomic E-state index is 0.0561. The normalized spacial score (nSPS) is 20.6. The Labute approximate surface area is 130 Å². The Morgan fingerprint density at radius 2 is 1.90 bits per heavy atom. The molecule has 0 amide bonds. The molecule has 0 saturated carbocycles.